The molecule has 0 aromatic heterocycles. The summed E-state index contributed by atoms with van der Waals surface area (Å²) < 4.78 is 0.275. The van der Waals surface area contributed by atoms with Crippen LogP contribution in [0.25, 0.3) is 0 Å². The van der Waals surface area contributed by atoms with Crippen LogP contribution in [-0.4, -0.2) is 77.8 Å². The van der Waals surface area contributed by atoms with E-state index in [2.05, 4.69) is 75.8 Å². The van der Waals surface area contributed by atoms with E-state index in [9.17, 15) is 0 Å². The monoisotopic (exact) mass is 778 g/mol. The molecule has 16 heteroatoms. The minimum atomic E-state index is 0.0777. The quantitative estimate of drug-likeness (QED) is 0.0475. The second kappa shape index (κ2) is 22.2. The van der Waals surface area contributed by atoms with E-state index in [-0.39, 0.29) is 36.7 Å². The van der Waals surface area contributed by atoms with Gasteiger partial charge in [0.15, 0.2) is 0 Å². The number of thioether (sulfide) groups is 5. The fraction of sp³-hybridized carbons (Fsp3) is 1.00. The molecule has 35 heavy (non-hydrogen) atoms. The molecule has 0 aliphatic heterocycles. The standard InChI is InChI=1S/C19H38S16/c20-3-13(29)17(32-5-22)18(33-6-23)15(30)14(19(34-7-24)35-8-25)11(27)1-9-10(26)2-12(28)16(9)31-4-21/h9-30H,1-8H2. The largest absolute Gasteiger partial charge is 0.178 e. The van der Waals surface area contributed by atoms with E-state index in [1.165, 1.54) is 0 Å². The topological polar surface area (TPSA) is 0 Å². The molecule has 0 bridgehead atoms. The van der Waals surface area contributed by atoms with E-state index < -0.39 is 0 Å². The van der Waals surface area contributed by atoms with Crippen molar-refractivity contribution in [3.63, 3.8) is 0 Å². The van der Waals surface area contributed by atoms with Gasteiger partial charge >= 0.3 is 0 Å². The van der Waals surface area contributed by atoms with Gasteiger partial charge in [0.1, 0.15) is 0 Å². The lowest BCUT2D eigenvalue weighted by atomic mass is 9.90. The van der Waals surface area contributed by atoms with Crippen molar-refractivity contribution in [3.05, 3.63) is 0 Å². The van der Waals surface area contributed by atoms with Crippen LogP contribution in [0.2, 0.25) is 0 Å². The Kier molecular flexibility index (Phi) is 24.5. The van der Waals surface area contributed by atoms with E-state index in [4.69, 9.17) is 63.1 Å². The molecule has 1 aliphatic rings. The molecule has 10 atom stereocenters. The summed E-state index contributed by atoms with van der Waals surface area (Å²) in [4.78, 5) is 0. The van der Waals surface area contributed by atoms with E-state index in [0.717, 1.165) is 38.3 Å². The molecule has 0 amide bonds. The number of hydrogen-bond donors (Lipinski definition) is 11. The highest BCUT2D eigenvalue weighted by molar-refractivity contribution is 8.23. The number of hydrogen-bond acceptors (Lipinski definition) is 16. The van der Waals surface area contributed by atoms with Crippen LogP contribution in [-0.2, 0) is 0 Å². The van der Waals surface area contributed by atoms with Gasteiger partial charge in [-0.2, -0.15) is 139 Å². The second-order valence-corrected chi connectivity index (χ2v) is 21.3. The van der Waals surface area contributed by atoms with E-state index in [1.807, 2.05) is 58.8 Å². The van der Waals surface area contributed by atoms with Crippen molar-refractivity contribution >= 4 is 198 Å². The Morgan fingerprint density at radius 3 is 1.69 bits per heavy atom. The first kappa shape index (κ1) is 38.6. The lowest BCUT2D eigenvalue weighted by Crippen LogP contribution is -2.46. The Morgan fingerprint density at radius 2 is 1.20 bits per heavy atom. The SMILES string of the molecule is SCSC(SCS)C(C(S)CC1C(S)CC(S)C1SCS)C(S)C(SCS)C(SCS)C(S)CS. The third kappa shape index (κ3) is 12.6. The van der Waals surface area contributed by atoms with Gasteiger partial charge < -0.3 is 0 Å². The Hall–Kier alpha value is 5.60. The highest BCUT2D eigenvalue weighted by atomic mass is 32.2. The summed E-state index contributed by atoms with van der Waals surface area (Å²) in [5.41, 5.74) is 0. The van der Waals surface area contributed by atoms with E-state index in [1.54, 1.807) is 0 Å². The van der Waals surface area contributed by atoms with Crippen LogP contribution in [0.15, 0.2) is 0 Å². The predicted octanol–water partition coefficient (Wildman–Crippen LogP) is 7.97. The van der Waals surface area contributed by atoms with Crippen LogP contribution >= 0.6 is 198 Å². The lowest BCUT2D eigenvalue weighted by molar-refractivity contribution is 0.423. The maximum atomic E-state index is 5.36. The molecule has 0 radical (unpaired) electrons. The highest BCUT2D eigenvalue weighted by Gasteiger charge is 2.46. The van der Waals surface area contributed by atoms with Crippen molar-refractivity contribution in [1.29, 1.82) is 0 Å². The zero-order chi connectivity index (χ0) is 26.5. The van der Waals surface area contributed by atoms with Crippen molar-refractivity contribution in [1.82, 2.24) is 0 Å². The van der Waals surface area contributed by atoms with Crippen molar-refractivity contribution in [2.45, 2.75) is 59.4 Å². The summed E-state index contributed by atoms with van der Waals surface area (Å²) in [5, 5.41) is 5.62. The van der Waals surface area contributed by atoms with Crippen molar-refractivity contribution in [3.8, 4) is 0 Å². The van der Waals surface area contributed by atoms with Gasteiger partial charge in [0.25, 0.3) is 0 Å². The second-order valence-electron chi connectivity index (χ2n) is 7.90. The van der Waals surface area contributed by atoms with Crippen LogP contribution in [0.5, 0.6) is 0 Å². The molecule has 1 saturated carbocycles. The van der Waals surface area contributed by atoms with Crippen LogP contribution in [0.4, 0.5) is 0 Å². The van der Waals surface area contributed by atoms with Gasteiger partial charge in [-0.1, -0.05) is 0 Å². The molecule has 0 heterocycles. The maximum absolute atomic E-state index is 5.36. The van der Waals surface area contributed by atoms with Gasteiger partial charge in [-0.25, -0.2) is 0 Å². The highest BCUT2D eigenvalue weighted by Crippen LogP contribution is 2.49. The van der Waals surface area contributed by atoms with Crippen LogP contribution in [0, 0.1) is 11.8 Å². The van der Waals surface area contributed by atoms with Crippen LogP contribution < -0.4 is 0 Å². The molecule has 0 N–H and O–H groups in total. The molecule has 0 aromatic rings. The first-order valence-corrected chi connectivity index (χ1v) is 22.5. The summed E-state index contributed by atoms with van der Waals surface area (Å²) in [5.74, 6) is 1.35. The molecule has 0 spiro atoms. The zero-order valence-electron chi connectivity index (χ0n) is 19.0. The Labute approximate surface area is 296 Å². The summed E-state index contributed by atoms with van der Waals surface area (Å²) in [6.07, 6.45) is 1.98. The maximum Gasteiger partial charge on any atom is 0.0568 e. The normalized spacial score (nSPS) is 28.1. The molecular formula is C19H38S16. The summed E-state index contributed by atoms with van der Waals surface area (Å²) >= 11 is 62.0. The summed E-state index contributed by atoms with van der Waals surface area (Å²) in [7, 11) is 0. The molecule has 0 saturated heterocycles. The fourth-order valence-electron chi connectivity index (χ4n) is 4.40. The zero-order valence-corrected chi connectivity index (χ0v) is 32.9. The number of thiol groups is 11. The average molecular weight is 780 g/mol. The van der Waals surface area contributed by atoms with Crippen molar-refractivity contribution < 1.29 is 0 Å². The Balaban J connectivity index is 3.34. The molecule has 0 aromatic carbocycles. The Morgan fingerprint density at radius 1 is 0.657 bits per heavy atom. The van der Waals surface area contributed by atoms with Crippen molar-refractivity contribution in [2.75, 3.05) is 31.2 Å². The lowest BCUT2D eigenvalue weighted by Gasteiger charge is -2.42. The van der Waals surface area contributed by atoms with E-state index in [0.29, 0.717) is 27.4 Å². The molecular weight excluding hydrogens is 741 g/mol. The predicted molar refractivity (Wildman–Crippen MR) is 216 cm³/mol. The summed E-state index contributed by atoms with van der Waals surface area (Å²) in [6.45, 7) is 0. The van der Waals surface area contributed by atoms with Gasteiger partial charge in [0.2, 0.25) is 0 Å². The third-order valence-electron chi connectivity index (χ3n) is 5.95. The minimum Gasteiger partial charge on any atom is -0.178 e. The van der Waals surface area contributed by atoms with Gasteiger partial charge in [0, 0.05) is 79.1 Å². The van der Waals surface area contributed by atoms with Gasteiger partial charge in [-0.15, -0.1) is 58.8 Å². The molecule has 1 fully saturated rings. The summed E-state index contributed by atoms with van der Waals surface area (Å²) in [6, 6.07) is 0. The van der Waals surface area contributed by atoms with Crippen molar-refractivity contribution in [2.24, 2.45) is 11.8 Å². The molecule has 1 rings (SSSR count). The smallest absolute Gasteiger partial charge is 0.0568 e. The average Bonchev–Trinajstić information content (AvgIpc) is 3.08. The molecule has 0 nitrogen and oxygen atoms in total. The Bertz CT molecular complexity index is 537. The van der Waals surface area contributed by atoms with Crippen LogP contribution in [0.3, 0.4) is 0 Å². The molecule has 210 valence electrons. The first-order chi connectivity index (χ1) is 16.7. The minimum absolute atomic E-state index is 0.0777. The molecule has 10 unspecified atom stereocenters. The first-order valence-electron chi connectivity index (χ1n) is 10.9. The third-order valence-corrected chi connectivity index (χ3v) is 18.4. The van der Waals surface area contributed by atoms with E-state index >= 15 is 0 Å². The van der Waals surface area contributed by atoms with Crippen LogP contribution in [0.1, 0.15) is 12.8 Å². The van der Waals surface area contributed by atoms with Gasteiger partial charge in [0.05, 0.1) is 4.58 Å². The number of rotatable bonds is 19. The molecule has 1 aliphatic carbocycles. The van der Waals surface area contributed by atoms with Gasteiger partial charge in [-0.05, 0) is 18.8 Å². The fourth-order valence-corrected chi connectivity index (χ4v) is 17.7. The van der Waals surface area contributed by atoms with Gasteiger partial charge in [-0.3, -0.25) is 0 Å².